The Kier molecular flexibility index (Phi) is 5.04. The van der Waals surface area contributed by atoms with E-state index < -0.39 is 0 Å². The van der Waals surface area contributed by atoms with Gasteiger partial charge in [-0.3, -0.25) is 4.79 Å². The molecule has 1 amide bonds. The summed E-state index contributed by atoms with van der Waals surface area (Å²) >= 11 is 0. The number of hydrogen-bond donors (Lipinski definition) is 2. The zero-order chi connectivity index (χ0) is 15.2. The van der Waals surface area contributed by atoms with Crippen molar-refractivity contribution in [2.45, 2.75) is 38.6 Å². The van der Waals surface area contributed by atoms with Gasteiger partial charge in [0.05, 0.1) is 18.9 Å². The first kappa shape index (κ1) is 15.2. The van der Waals surface area contributed by atoms with Crippen LogP contribution in [0.5, 0.6) is 5.75 Å². The molecule has 1 fully saturated rings. The molecule has 21 heavy (non-hydrogen) atoms. The van der Waals surface area contributed by atoms with Crippen molar-refractivity contribution in [1.82, 2.24) is 0 Å². The Morgan fingerprint density at radius 1 is 1.43 bits per heavy atom. The number of rotatable bonds is 4. The molecular formula is C16H21N3O2. The number of hydrogen-bond acceptors (Lipinski definition) is 4. The van der Waals surface area contributed by atoms with Crippen LogP contribution in [-0.4, -0.2) is 19.1 Å². The van der Waals surface area contributed by atoms with Crippen LogP contribution in [0.4, 0.5) is 11.4 Å². The van der Waals surface area contributed by atoms with Crippen LogP contribution >= 0.6 is 0 Å². The SMILES string of the molecule is COc1cc(NC(C)=O)ccc1N[C@H]1CCC[C@H](C#N)C1. The molecule has 0 heterocycles. The zero-order valence-electron chi connectivity index (χ0n) is 12.5. The Balaban J connectivity index is 2.09. The van der Waals surface area contributed by atoms with Crippen LogP contribution < -0.4 is 15.4 Å². The average Bonchev–Trinajstić information content (AvgIpc) is 2.48. The van der Waals surface area contributed by atoms with E-state index in [0.717, 1.165) is 31.4 Å². The number of amides is 1. The van der Waals surface area contributed by atoms with E-state index in [0.29, 0.717) is 17.5 Å². The first-order valence-electron chi connectivity index (χ1n) is 7.24. The number of nitrogens with zero attached hydrogens (tertiary/aromatic N) is 1. The highest BCUT2D eigenvalue weighted by molar-refractivity contribution is 5.89. The van der Waals surface area contributed by atoms with Gasteiger partial charge >= 0.3 is 0 Å². The fourth-order valence-corrected chi connectivity index (χ4v) is 2.75. The zero-order valence-corrected chi connectivity index (χ0v) is 12.5. The number of nitrogens with one attached hydrogen (secondary N) is 2. The van der Waals surface area contributed by atoms with E-state index in [1.807, 2.05) is 12.1 Å². The lowest BCUT2D eigenvalue weighted by molar-refractivity contribution is -0.114. The lowest BCUT2D eigenvalue weighted by Crippen LogP contribution is -2.26. The summed E-state index contributed by atoms with van der Waals surface area (Å²) < 4.78 is 5.38. The van der Waals surface area contributed by atoms with E-state index >= 15 is 0 Å². The van der Waals surface area contributed by atoms with E-state index in [4.69, 9.17) is 10.00 Å². The van der Waals surface area contributed by atoms with Crippen LogP contribution in [0, 0.1) is 17.2 Å². The van der Waals surface area contributed by atoms with Crippen LogP contribution in [0.15, 0.2) is 18.2 Å². The van der Waals surface area contributed by atoms with Crippen molar-refractivity contribution in [3.63, 3.8) is 0 Å². The van der Waals surface area contributed by atoms with Crippen molar-refractivity contribution in [2.24, 2.45) is 5.92 Å². The molecule has 0 radical (unpaired) electrons. The van der Waals surface area contributed by atoms with Gasteiger partial charge in [0.25, 0.3) is 0 Å². The van der Waals surface area contributed by atoms with E-state index in [9.17, 15) is 4.79 Å². The van der Waals surface area contributed by atoms with Gasteiger partial charge in [0.1, 0.15) is 5.75 Å². The minimum atomic E-state index is -0.109. The monoisotopic (exact) mass is 287 g/mol. The van der Waals surface area contributed by atoms with Gasteiger partial charge in [-0.05, 0) is 31.4 Å². The minimum Gasteiger partial charge on any atom is -0.495 e. The standard InChI is InChI=1S/C16H21N3O2/c1-11(20)18-14-6-7-15(16(9-14)21-2)19-13-5-3-4-12(8-13)10-17/h6-7,9,12-13,19H,3-5,8H2,1-2H3,(H,18,20)/t12-,13-/m0/s1. The summed E-state index contributed by atoms with van der Waals surface area (Å²) in [6, 6.07) is 8.20. The molecule has 0 saturated heterocycles. The van der Waals surface area contributed by atoms with Gasteiger partial charge in [0, 0.05) is 30.6 Å². The summed E-state index contributed by atoms with van der Waals surface area (Å²) in [4.78, 5) is 11.1. The third-order valence-electron chi connectivity index (χ3n) is 3.74. The smallest absolute Gasteiger partial charge is 0.221 e. The second-order valence-electron chi connectivity index (χ2n) is 5.43. The second-order valence-corrected chi connectivity index (χ2v) is 5.43. The van der Waals surface area contributed by atoms with Gasteiger partial charge in [-0.1, -0.05) is 6.42 Å². The summed E-state index contributed by atoms with van der Waals surface area (Å²) in [5, 5.41) is 15.2. The largest absolute Gasteiger partial charge is 0.495 e. The van der Waals surface area contributed by atoms with Crippen molar-refractivity contribution in [2.75, 3.05) is 17.7 Å². The van der Waals surface area contributed by atoms with Crippen molar-refractivity contribution >= 4 is 17.3 Å². The molecule has 1 aromatic rings. The molecule has 1 aromatic carbocycles. The molecule has 2 N–H and O–H groups in total. The number of carbonyl (C=O) groups excluding carboxylic acids is 1. The van der Waals surface area contributed by atoms with Crippen LogP contribution in [0.1, 0.15) is 32.6 Å². The van der Waals surface area contributed by atoms with Crippen molar-refractivity contribution in [1.29, 1.82) is 5.26 Å². The van der Waals surface area contributed by atoms with Crippen LogP contribution in [0.2, 0.25) is 0 Å². The number of nitriles is 1. The lowest BCUT2D eigenvalue weighted by atomic mass is 9.86. The third kappa shape index (κ3) is 4.12. The summed E-state index contributed by atoms with van der Waals surface area (Å²) in [5.74, 6) is 0.725. The third-order valence-corrected chi connectivity index (χ3v) is 3.74. The second kappa shape index (κ2) is 6.98. The molecule has 2 atom stereocenters. The van der Waals surface area contributed by atoms with E-state index in [2.05, 4.69) is 16.7 Å². The summed E-state index contributed by atoms with van der Waals surface area (Å²) in [7, 11) is 1.61. The van der Waals surface area contributed by atoms with Gasteiger partial charge in [-0.15, -0.1) is 0 Å². The molecule has 5 nitrogen and oxygen atoms in total. The first-order chi connectivity index (χ1) is 10.1. The number of methoxy groups -OCH3 is 1. The first-order valence-corrected chi connectivity index (χ1v) is 7.24. The van der Waals surface area contributed by atoms with Crippen molar-refractivity contribution in [3.05, 3.63) is 18.2 Å². The highest BCUT2D eigenvalue weighted by Gasteiger charge is 2.22. The normalized spacial score (nSPS) is 21.2. The van der Waals surface area contributed by atoms with Gasteiger partial charge in [0.15, 0.2) is 0 Å². The molecule has 112 valence electrons. The van der Waals surface area contributed by atoms with Crippen molar-refractivity contribution in [3.8, 4) is 11.8 Å². The van der Waals surface area contributed by atoms with Gasteiger partial charge in [-0.25, -0.2) is 0 Å². The molecule has 1 saturated carbocycles. The molecule has 0 aromatic heterocycles. The predicted octanol–water partition coefficient (Wildman–Crippen LogP) is 3.15. The summed E-state index contributed by atoms with van der Waals surface area (Å²) in [5.41, 5.74) is 1.61. The Morgan fingerprint density at radius 2 is 2.24 bits per heavy atom. The molecule has 0 bridgehead atoms. The molecule has 1 aliphatic rings. The van der Waals surface area contributed by atoms with Crippen LogP contribution in [0.25, 0.3) is 0 Å². The number of ether oxygens (including phenoxy) is 1. The van der Waals surface area contributed by atoms with Gasteiger partial charge in [-0.2, -0.15) is 5.26 Å². The maximum absolute atomic E-state index is 11.1. The maximum Gasteiger partial charge on any atom is 0.221 e. The molecule has 1 aliphatic carbocycles. The Bertz CT molecular complexity index is 551. The fraction of sp³-hybridized carbons (Fsp3) is 0.500. The molecule has 5 heteroatoms. The Hall–Kier alpha value is -2.22. The van der Waals surface area contributed by atoms with Crippen LogP contribution in [0.3, 0.4) is 0 Å². The average molecular weight is 287 g/mol. The molecular weight excluding hydrogens is 266 g/mol. The van der Waals surface area contributed by atoms with E-state index in [1.165, 1.54) is 6.92 Å². The Morgan fingerprint density at radius 3 is 2.90 bits per heavy atom. The summed E-state index contributed by atoms with van der Waals surface area (Å²) in [6.07, 6.45) is 4.00. The molecule has 0 unspecified atom stereocenters. The molecule has 0 aliphatic heterocycles. The summed E-state index contributed by atoms with van der Waals surface area (Å²) in [6.45, 7) is 1.47. The minimum absolute atomic E-state index is 0.109. The number of anilines is 2. The van der Waals surface area contributed by atoms with Gasteiger partial charge < -0.3 is 15.4 Å². The number of benzene rings is 1. The quantitative estimate of drug-likeness (QED) is 0.892. The fourth-order valence-electron chi connectivity index (χ4n) is 2.75. The molecule has 2 rings (SSSR count). The predicted molar refractivity (Wildman–Crippen MR) is 82.3 cm³/mol. The highest BCUT2D eigenvalue weighted by Crippen LogP contribution is 2.32. The Labute approximate surface area is 125 Å². The van der Waals surface area contributed by atoms with Crippen molar-refractivity contribution < 1.29 is 9.53 Å². The molecule has 0 spiro atoms. The maximum atomic E-state index is 11.1. The lowest BCUT2D eigenvalue weighted by Gasteiger charge is -2.27. The van der Waals surface area contributed by atoms with E-state index in [-0.39, 0.29) is 11.8 Å². The van der Waals surface area contributed by atoms with Crippen LogP contribution in [-0.2, 0) is 4.79 Å². The number of carbonyl (C=O) groups is 1. The highest BCUT2D eigenvalue weighted by atomic mass is 16.5. The topological polar surface area (TPSA) is 74.2 Å². The van der Waals surface area contributed by atoms with E-state index in [1.54, 1.807) is 13.2 Å². The van der Waals surface area contributed by atoms with Gasteiger partial charge in [0.2, 0.25) is 5.91 Å².